The summed E-state index contributed by atoms with van der Waals surface area (Å²) >= 11 is -0.165. The predicted molar refractivity (Wildman–Crippen MR) is 114 cm³/mol. The van der Waals surface area contributed by atoms with E-state index in [1.54, 1.807) is 32.2 Å². The van der Waals surface area contributed by atoms with Crippen LogP contribution in [0.4, 0.5) is 25.1 Å². The van der Waals surface area contributed by atoms with Gasteiger partial charge in [-0.1, -0.05) is 24.6 Å². The molecule has 1 heterocycles. The number of thioether (sulfide) groups is 1. The molecular formula is C20H25F3N6OS. The van der Waals surface area contributed by atoms with Crippen molar-refractivity contribution < 1.29 is 18.0 Å². The maximum absolute atomic E-state index is 12.8. The van der Waals surface area contributed by atoms with Crippen LogP contribution in [-0.4, -0.2) is 39.5 Å². The molecule has 3 N–H and O–H groups in total. The van der Waals surface area contributed by atoms with Crippen molar-refractivity contribution >= 4 is 29.6 Å². The third-order valence-corrected chi connectivity index (χ3v) is 5.85. The fraction of sp³-hybridized carbons (Fsp3) is 0.500. The Morgan fingerprint density at radius 3 is 2.65 bits per heavy atom. The number of aromatic nitrogens is 3. The molecule has 1 fully saturated rings. The normalized spacial score (nSPS) is 19.0. The van der Waals surface area contributed by atoms with E-state index in [4.69, 9.17) is 0 Å². The number of carbonyl (C=O) groups excluding carboxylic acids is 1. The van der Waals surface area contributed by atoms with Gasteiger partial charge in [-0.15, -0.1) is 0 Å². The zero-order valence-corrected chi connectivity index (χ0v) is 18.1. The topological polar surface area (TPSA) is 91.8 Å². The lowest BCUT2D eigenvalue weighted by Gasteiger charge is -2.29. The quantitative estimate of drug-likeness (QED) is 0.542. The number of hydrogen-bond donors (Lipinski definition) is 3. The highest BCUT2D eigenvalue weighted by atomic mass is 32.2. The molecule has 0 radical (unpaired) electrons. The molecular weight excluding hydrogens is 429 g/mol. The van der Waals surface area contributed by atoms with Gasteiger partial charge in [0.1, 0.15) is 5.82 Å². The second kappa shape index (κ2) is 10.2. The number of nitrogens with zero attached hydrogens (tertiary/aromatic N) is 3. The first-order valence-corrected chi connectivity index (χ1v) is 10.8. The van der Waals surface area contributed by atoms with Crippen molar-refractivity contribution in [2.45, 2.75) is 55.6 Å². The lowest BCUT2D eigenvalue weighted by atomic mass is 9.85. The molecule has 1 aliphatic rings. The van der Waals surface area contributed by atoms with Gasteiger partial charge < -0.3 is 16.0 Å². The number of amides is 1. The average Bonchev–Trinajstić information content (AvgIpc) is 2.71. The van der Waals surface area contributed by atoms with Gasteiger partial charge >= 0.3 is 5.51 Å². The van der Waals surface area contributed by atoms with E-state index in [1.807, 2.05) is 0 Å². The van der Waals surface area contributed by atoms with Crippen LogP contribution in [0.2, 0.25) is 0 Å². The Kier molecular flexibility index (Phi) is 7.58. The minimum Gasteiger partial charge on any atom is -0.357 e. The largest absolute Gasteiger partial charge is 0.446 e. The summed E-state index contributed by atoms with van der Waals surface area (Å²) in [5.41, 5.74) is -3.92. The van der Waals surface area contributed by atoms with E-state index in [1.165, 1.54) is 6.07 Å². The number of rotatable bonds is 7. The second-order valence-corrected chi connectivity index (χ2v) is 8.46. The summed E-state index contributed by atoms with van der Waals surface area (Å²) in [4.78, 5) is 25.5. The van der Waals surface area contributed by atoms with Gasteiger partial charge in [0, 0.05) is 30.4 Å². The van der Waals surface area contributed by atoms with Crippen LogP contribution in [0.1, 0.15) is 37.1 Å². The maximum atomic E-state index is 12.8. The highest BCUT2D eigenvalue weighted by Gasteiger charge is 2.31. The molecule has 31 heavy (non-hydrogen) atoms. The highest BCUT2D eigenvalue weighted by Crippen LogP contribution is 2.38. The highest BCUT2D eigenvalue weighted by molar-refractivity contribution is 8.00. The van der Waals surface area contributed by atoms with Crippen LogP contribution in [0.25, 0.3) is 0 Å². The molecule has 7 nitrogen and oxygen atoms in total. The van der Waals surface area contributed by atoms with Crippen LogP contribution in [0, 0.1) is 12.8 Å². The van der Waals surface area contributed by atoms with Crippen LogP contribution in [-0.2, 0) is 11.3 Å². The zero-order chi connectivity index (χ0) is 22.4. The lowest BCUT2D eigenvalue weighted by Crippen LogP contribution is -2.37. The Balaban J connectivity index is 1.57. The zero-order valence-electron chi connectivity index (χ0n) is 17.3. The minimum absolute atomic E-state index is 0.0316. The van der Waals surface area contributed by atoms with Crippen molar-refractivity contribution in [1.82, 2.24) is 20.3 Å². The monoisotopic (exact) mass is 454 g/mol. The van der Waals surface area contributed by atoms with Crippen molar-refractivity contribution in [3.05, 3.63) is 35.7 Å². The molecule has 2 aromatic rings. The molecule has 1 aliphatic carbocycles. The summed E-state index contributed by atoms with van der Waals surface area (Å²) in [5, 5.41) is 8.97. The summed E-state index contributed by atoms with van der Waals surface area (Å²) < 4.78 is 38.3. The van der Waals surface area contributed by atoms with Gasteiger partial charge in [0.25, 0.3) is 0 Å². The fourth-order valence-corrected chi connectivity index (χ4v) is 4.27. The van der Waals surface area contributed by atoms with Crippen molar-refractivity contribution in [3.63, 3.8) is 0 Å². The number of halogens is 3. The molecule has 0 bridgehead atoms. The predicted octanol–water partition coefficient (Wildman–Crippen LogP) is 4.12. The Hall–Kier alpha value is -2.56. The summed E-state index contributed by atoms with van der Waals surface area (Å²) in [6.07, 6.45) is 3.08. The number of anilines is 2. The van der Waals surface area contributed by atoms with Gasteiger partial charge in [-0.3, -0.25) is 4.79 Å². The molecule has 0 spiro atoms. The Morgan fingerprint density at radius 2 is 1.90 bits per heavy atom. The number of nitrogens with one attached hydrogen (secondary N) is 3. The van der Waals surface area contributed by atoms with Gasteiger partial charge in [0.15, 0.2) is 0 Å². The first-order valence-electron chi connectivity index (χ1n) is 10.0. The van der Waals surface area contributed by atoms with E-state index in [2.05, 4.69) is 30.9 Å². The molecule has 2 atom stereocenters. The van der Waals surface area contributed by atoms with Crippen molar-refractivity contribution in [2.75, 3.05) is 17.7 Å². The molecule has 168 valence electrons. The van der Waals surface area contributed by atoms with Crippen molar-refractivity contribution in [3.8, 4) is 0 Å². The molecule has 1 aromatic heterocycles. The van der Waals surface area contributed by atoms with E-state index in [0.717, 1.165) is 19.3 Å². The number of hydrogen-bond acceptors (Lipinski definition) is 7. The van der Waals surface area contributed by atoms with Gasteiger partial charge in [0.2, 0.25) is 17.8 Å². The van der Waals surface area contributed by atoms with Crippen LogP contribution < -0.4 is 16.0 Å². The number of benzene rings is 1. The van der Waals surface area contributed by atoms with E-state index in [0.29, 0.717) is 29.7 Å². The molecule has 1 amide bonds. The smallest absolute Gasteiger partial charge is 0.357 e. The Bertz CT molecular complexity index is 911. The Labute approximate surface area is 183 Å². The molecule has 1 aromatic carbocycles. The van der Waals surface area contributed by atoms with Crippen LogP contribution in [0.3, 0.4) is 0 Å². The number of aryl methyl sites for hydroxylation is 1. The van der Waals surface area contributed by atoms with E-state index < -0.39 is 5.51 Å². The standard InChI is InChI=1S/C20H25F3N6OS/c1-12-26-18(24-2)29-19(27-12)28-15-8-5-7-13(10-15)17(30)25-11-14-6-3-4-9-16(14)31-20(21,22)23/h3-4,6,9,13,15H,5,7-8,10-11H2,1-2H3,(H,25,30)(H2,24,26,27,28,29)/t13-,15+/m0/s1. The third kappa shape index (κ3) is 6.98. The van der Waals surface area contributed by atoms with Crippen LogP contribution in [0.5, 0.6) is 0 Å². The van der Waals surface area contributed by atoms with Crippen LogP contribution in [0.15, 0.2) is 29.2 Å². The minimum atomic E-state index is -4.37. The first kappa shape index (κ1) is 23.1. The van der Waals surface area contributed by atoms with Gasteiger partial charge in [0.05, 0.1) is 0 Å². The summed E-state index contributed by atoms with van der Waals surface area (Å²) in [6.45, 7) is 1.84. The van der Waals surface area contributed by atoms with E-state index in [9.17, 15) is 18.0 Å². The van der Waals surface area contributed by atoms with Gasteiger partial charge in [-0.2, -0.15) is 28.1 Å². The van der Waals surface area contributed by atoms with Gasteiger partial charge in [-0.25, -0.2) is 0 Å². The number of carbonyl (C=O) groups is 1. The van der Waals surface area contributed by atoms with E-state index >= 15 is 0 Å². The maximum Gasteiger partial charge on any atom is 0.446 e. The third-order valence-electron chi connectivity index (χ3n) is 5.00. The van der Waals surface area contributed by atoms with Crippen molar-refractivity contribution in [1.29, 1.82) is 0 Å². The van der Waals surface area contributed by atoms with Gasteiger partial charge in [-0.05, 0) is 49.6 Å². The van der Waals surface area contributed by atoms with Crippen LogP contribution >= 0.6 is 11.8 Å². The average molecular weight is 455 g/mol. The van der Waals surface area contributed by atoms with Crippen molar-refractivity contribution in [2.24, 2.45) is 5.92 Å². The summed E-state index contributed by atoms with van der Waals surface area (Å²) in [7, 11) is 1.73. The fourth-order valence-electron chi connectivity index (χ4n) is 3.60. The molecule has 0 aliphatic heterocycles. The summed E-state index contributed by atoms with van der Waals surface area (Å²) in [6, 6.07) is 6.26. The molecule has 0 unspecified atom stereocenters. The molecule has 3 rings (SSSR count). The first-order chi connectivity index (χ1) is 14.7. The summed E-state index contributed by atoms with van der Waals surface area (Å²) in [5.74, 6) is 1.14. The SMILES string of the molecule is CNc1nc(C)nc(N[C@@H]2CCC[C@H](C(=O)NCc3ccccc3SC(F)(F)F)C2)n1. The molecule has 11 heteroatoms. The molecule has 0 saturated heterocycles. The number of alkyl halides is 3. The second-order valence-electron chi connectivity index (χ2n) is 7.36. The van der Waals surface area contributed by atoms with E-state index in [-0.39, 0.29) is 41.1 Å². The molecule has 1 saturated carbocycles. The Morgan fingerprint density at radius 1 is 1.16 bits per heavy atom. The lowest BCUT2D eigenvalue weighted by molar-refractivity contribution is -0.126.